The standard InChI is InChI=1S/C19H22N6O2/c1-14-22-16-5-2-3-6-17(16)25(14)13-18(26)23-7-4-8-24(10-9-23)19(27)15-11-20-21-12-15/h2-3,5-6,11-12H,4,7-10,13H2,1H3,(H,20,21). The van der Waals surface area contributed by atoms with Crippen LogP contribution in [0.15, 0.2) is 36.7 Å². The topological polar surface area (TPSA) is 87.1 Å². The Bertz CT molecular complexity index is 962. The van der Waals surface area contributed by atoms with Gasteiger partial charge in [-0.05, 0) is 25.5 Å². The van der Waals surface area contributed by atoms with Crippen LogP contribution in [0.5, 0.6) is 0 Å². The largest absolute Gasteiger partial charge is 0.339 e. The van der Waals surface area contributed by atoms with E-state index in [-0.39, 0.29) is 18.4 Å². The first-order chi connectivity index (χ1) is 13.1. The number of amides is 2. The summed E-state index contributed by atoms with van der Waals surface area (Å²) in [4.78, 5) is 33.5. The predicted octanol–water partition coefficient (Wildman–Crippen LogP) is 1.44. The number of nitrogens with zero attached hydrogens (tertiary/aromatic N) is 5. The van der Waals surface area contributed by atoms with Crippen molar-refractivity contribution in [2.75, 3.05) is 26.2 Å². The molecular weight excluding hydrogens is 344 g/mol. The van der Waals surface area contributed by atoms with Gasteiger partial charge in [-0.3, -0.25) is 14.7 Å². The highest BCUT2D eigenvalue weighted by Gasteiger charge is 2.24. The quantitative estimate of drug-likeness (QED) is 0.760. The van der Waals surface area contributed by atoms with Crippen molar-refractivity contribution in [2.24, 2.45) is 0 Å². The summed E-state index contributed by atoms with van der Waals surface area (Å²) in [6.07, 6.45) is 3.89. The highest BCUT2D eigenvalue weighted by atomic mass is 16.2. The SMILES string of the molecule is Cc1nc2ccccc2n1CC(=O)N1CCCN(C(=O)c2cn[nH]c2)CC1. The molecule has 1 saturated heterocycles. The Morgan fingerprint density at radius 1 is 1.11 bits per heavy atom. The smallest absolute Gasteiger partial charge is 0.257 e. The average Bonchev–Trinajstić information content (AvgIpc) is 3.23. The van der Waals surface area contributed by atoms with Gasteiger partial charge in [-0.15, -0.1) is 0 Å². The molecule has 8 nitrogen and oxygen atoms in total. The van der Waals surface area contributed by atoms with E-state index in [4.69, 9.17) is 0 Å². The summed E-state index contributed by atoms with van der Waals surface area (Å²) in [5.41, 5.74) is 2.42. The molecule has 1 fully saturated rings. The zero-order chi connectivity index (χ0) is 18.8. The van der Waals surface area contributed by atoms with Crippen LogP contribution in [0.25, 0.3) is 11.0 Å². The van der Waals surface area contributed by atoms with Crippen molar-refractivity contribution in [1.29, 1.82) is 0 Å². The highest BCUT2D eigenvalue weighted by Crippen LogP contribution is 2.16. The van der Waals surface area contributed by atoms with Gasteiger partial charge in [0, 0.05) is 32.4 Å². The maximum absolute atomic E-state index is 12.9. The number of para-hydroxylation sites is 2. The minimum absolute atomic E-state index is 0.0468. The van der Waals surface area contributed by atoms with E-state index in [0.717, 1.165) is 23.3 Å². The number of carbonyl (C=O) groups is 2. The van der Waals surface area contributed by atoms with Crippen LogP contribution in [0.3, 0.4) is 0 Å². The molecular formula is C19H22N6O2. The molecule has 2 aromatic heterocycles. The molecule has 4 rings (SSSR count). The summed E-state index contributed by atoms with van der Waals surface area (Å²) in [6.45, 7) is 4.54. The van der Waals surface area contributed by atoms with Crippen LogP contribution in [0.2, 0.25) is 0 Å². The van der Waals surface area contributed by atoms with E-state index in [0.29, 0.717) is 31.7 Å². The van der Waals surface area contributed by atoms with E-state index in [1.54, 1.807) is 11.1 Å². The summed E-state index contributed by atoms with van der Waals surface area (Å²) < 4.78 is 1.96. The van der Waals surface area contributed by atoms with Gasteiger partial charge >= 0.3 is 0 Å². The minimum atomic E-state index is -0.0468. The van der Waals surface area contributed by atoms with Crippen molar-refractivity contribution in [3.8, 4) is 0 Å². The molecule has 0 atom stereocenters. The fraction of sp³-hybridized carbons (Fsp3) is 0.368. The van der Waals surface area contributed by atoms with E-state index < -0.39 is 0 Å². The van der Waals surface area contributed by atoms with Gasteiger partial charge in [-0.2, -0.15) is 5.10 Å². The normalized spacial score (nSPS) is 15.1. The fourth-order valence-corrected chi connectivity index (χ4v) is 3.55. The number of rotatable bonds is 3. The van der Waals surface area contributed by atoms with Gasteiger partial charge in [0.05, 0.1) is 22.8 Å². The molecule has 1 N–H and O–H groups in total. The second kappa shape index (κ2) is 7.22. The monoisotopic (exact) mass is 366 g/mol. The van der Waals surface area contributed by atoms with Gasteiger partial charge in [0.2, 0.25) is 5.91 Å². The second-order valence-electron chi connectivity index (χ2n) is 6.75. The third-order valence-corrected chi connectivity index (χ3v) is 5.02. The van der Waals surface area contributed by atoms with E-state index in [1.807, 2.05) is 40.7 Å². The fourth-order valence-electron chi connectivity index (χ4n) is 3.55. The molecule has 8 heteroatoms. The van der Waals surface area contributed by atoms with Crippen LogP contribution in [0, 0.1) is 6.92 Å². The number of hydrogen-bond donors (Lipinski definition) is 1. The number of aromatic amines is 1. The van der Waals surface area contributed by atoms with Crippen molar-refractivity contribution in [1.82, 2.24) is 29.5 Å². The first kappa shape index (κ1) is 17.3. The van der Waals surface area contributed by atoms with E-state index in [2.05, 4.69) is 15.2 Å². The first-order valence-corrected chi connectivity index (χ1v) is 9.11. The lowest BCUT2D eigenvalue weighted by molar-refractivity contribution is -0.131. The lowest BCUT2D eigenvalue weighted by Crippen LogP contribution is -2.38. The molecule has 1 aliphatic heterocycles. The summed E-state index contributed by atoms with van der Waals surface area (Å²) in [7, 11) is 0. The van der Waals surface area contributed by atoms with E-state index in [1.165, 1.54) is 6.20 Å². The predicted molar refractivity (Wildman–Crippen MR) is 100 cm³/mol. The molecule has 0 saturated carbocycles. The summed E-state index contributed by atoms with van der Waals surface area (Å²) >= 11 is 0. The number of benzene rings is 1. The second-order valence-corrected chi connectivity index (χ2v) is 6.75. The van der Waals surface area contributed by atoms with E-state index >= 15 is 0 Å². The van der Waals surface area contributed by atoms with E-state index in [9.17, 15) is 9.59 Å². The van der Waals surface area contributed by atoms with Crippen LogP contribution < -0.4 is 0 Å². The maximum atomic E-state index is 12.9. The highest BCUT2D eigenvalue weighted by molar-refractivity contribution is 5.93. The maximum Gasteiger partial charge on any atom is 0.257 e. The van der Waals surface area contributed by atoms with Crippen molar-refractivity contribution in [3.05, 3.63) is 48.0 Å². The molecule has 0 spiro atoms. The van der Waals surface area contributed by atoms with Crippen molar-refractivity contribution < 1.29 is 9.59 Å². The number of nitrogens with one attached hydrogen (secondary N) is 1. The number of fused-ring (bicyclic) bond motifs is 1. The molecule has 1 aliphatic rings. The third kappa shape index (κ3) is 3.42. The molecule has 1 aromatic carbocycles. The number of hydrogen-bond acceptors (Lipinski definition) is 4. The molecule has 2 amide bonds. The van der Waals surface area contributed by atoms with Crippen molar-refractivity contribution in [2.45, 2.75) is 19.9 Å². The van der Waals surface area contributed by atoms with Gasteiger partial charge in [0.1, 0.15) is 12.4 Å². The molecule has 140 valence electrons. The Morgan fingerprint density at radius 3 is 2.70 bits per heavy atom. The van der Waals surface area contributed by atoms with Gasteiger partial charge in [0.25, 0.3) is 5.91 Å². The molecule has 3 heterocycles. The van der Waals surface area contributed by atoms with Crippen molar-refractivity contribution >= 4 is 22.8 Å². The molecule has 3 aromatic rings. The Hall–Kier alpha value is -3.16. The Kier molecular flexibility index (Phi) is 4.62. The number of imidazole rings is 1. The summed E-state index contributed by atoms with van der Waals surface area (Å²) in [5.74, 6) is 0.837. The molecule has 0 unspecified atom stereocenters. The summed E-state index contributed by atoms with van der Waals surface area (Å²) in [5, 5.41) is 6.50. The lowest BCUT2D eigenvalue weighted by atomic mass is 10.3. The zero-order valence-electron chi connectivity index (χ0n) is 15.3. The number of aryl methyl sites for hydroxylation is 1. The molecule has 27 heavy (non-hydrogen) atoms. The number of carbonyl (C=O) groups excluding carboxylic acids is 2. The third-order valence-electron chi connectivity index (χ3n) is 5.02. The summed E-state index contributed by atoms with van der Waals surface area (Å²) in [6, 6.07) is 7.84. The Morgan fingerprint density at radius 2 is 1.89 bits per heavy atom. The van der Waals surface area contributed by atoms with Crippen LogP contribution in [-0.4, -0.2) is 67.5 Å². The molecule has 0 radical (unpaired) electrons. The zero-order valence-corrected chi connectivity index (χ0v) is 15.3. The number of aromatic nitrogens is 4. The van der Waals surface area contributed by atoms with Gasteiger partial charge in [-0.1, -0.05) is 12.1 Å². The van der Waals surface area contributed by atoms with Crippen LogP contribution in [0.1, 0.15) is 22.6 Å². The lowest BCUT2D eigenvalue weighted by Gasteiger charge is -2.22. The molecule has 0 aliphatic carbocycles. The Balaban J connectivity index is 1.44. The van der Waals surface area contributed by atoms with Crippen LogP contribution in [-0.2, 0) is 11.3 Å². The van der Waals surface area contributed by atoms with Gasteiger partial charge in [-0.25, -0.2) is 4.98 Å². The van der Waals surface area contributed by atoms with Crippen LogP contribution in [0.4, 0.5) is 0 Å². The van der Waals surface area contributed by atoms with Gasteiger partial charge < -0.3 is 14.4 Å². The van der Waals surface area contributed by atoms with Crippen LogP contribution >= 0.6 is 0 Å². The average molecular weight is 366 g/mol. The first-order valence-electron chi connectivity index (χ1n) is 9.11. The minimum Gasteiger partial charge on any atom is -0.339 e. The molecule has 0 bridgehead atoms. The number of H-pyrrole nitrogens is 1. The van der Waals surface area contributed by atoms with Gasteiger partial charge in [0.15, 0.2) is 0 Å². The Labute approximate surface area is 156 Å². The van der Waals surface area contributed by atoms with Crippen molar-refractivity contribution in [3.63, 3.8) is 0 Å².